The fraction of sp³-hybridized carbons (Fsp3) is 0.636. The predicted molar refractivity (Wildman–Crippen MR) is 58.3 cm³/mol. The minimum Gasteiger partial charge on any atom is -0.383 e. The van der Waals surface area contributed by atoms with E-state index >= 15 is 0 Å². The molecule has 2 rings (SSSR count). The van der Waals surface area contributed by atoms with Gasteiger partial charge in [0.05, 0.1) is 18.9 Å². The molecule has 0 unspecified atom stereocenters. The lowest BCUT2D eigenvalue weighted by atomic mass is 10.1. The highest BCUT2D eigenvalue weighted by Gasteiger charge is 2.16. The molecule has 1 aliphatic rings. The van der Waals surface area contributed by atoms with Crippen LogP contribution in [0.15, 0.2) is 0 Å². The van der Waals surface area contributed by atoms with E-state index in [4.69, 9.17) is 10.5 Å². The first-order chi connectivity index (χ1) is 7.16. The van der Waals surface area contributed by atoms with Crippen LogP contribution in [0, 0.1) is 5.92 Å². The maximum Gasteiger partial charge on any atom is 0.132 e. The van der Waals surface area contributed by atoms with Crippen molar-refractivity contribution in [2.75, 3.05) is 12.3 Å². The van der Waals surface area contributed by atoms with Crippen molar-refractivity contribution in [2.45, 2.75) is 33.3 Å². The van der Waals surface area contributed by atoms with Crippen LogP contribution in [0.5, 0.6) is 0 Å². The summed E-state index contributed by atoms with van der Waals surface area (Å²) in [5.41, 5.74) is 7.94. The summed E-state index contributed by atoms with van der Waals surface area (Å²) in [6.45, 7) is 5.61. The van der Waals surface area contributed by atoms with Gasteiger partial charge in [-0.05, 0) is 5.92 Å². The van der Waals surface area contributed by atoms with E-state index in [-0.39, 0.29) is 0 Å². The van der Waals surface area contributed by atoms with E-state index in [0.717, 1.165) is 36.5 Å². The summed E-state index contributed by atoms with van der Waals surface area (Å²) in [6, 6.07) is 0. The van der Waals surface area contributed by atoms with Gasteiger partial charge in [-0.15, -0.1) is 0 Å². The van der Waals surface area contributed by atoms with Gasteiger partial charge >= 0.3 is 0 Å². The lowest BCUT2D eigenvalue weighted by molar-refractivity contribution is 0.109. The first-order valence-electron chi connectivity index (χ1n) is 5.38. The van der Waals surface area contributed by atoms with E-state index in [9.17, 15) is 0 Å². The van der Waals surface area contributed by atoms with Gasteiger partial charge in [-0.3, -0.25) is 0 Å². The minimum absolute atomic E-state index is 0.558. The Balaban J connectivity index is 2.32. The largest absolute Gasteiger partial charge is 0.383 e. The summed E-state index contributed by atoms with van der Waals surface area (Å²) in [5.74, 6) is 2.01. The van der Waals surface area contributed by atoms with Gasteiger partial charge in [0, 0.05) is 18.4 Å². The van der Waals surface area contributed by atoms with Crippen LogP contribution < -0.4 is 5.73 Å². The van der Waals surface area contributed by atoms with Crippen LogP contribution >= 0.6 is 0 Å². The van der Waals surface area contributed by atoms with Crippen molar-refractivity contribution in [3.05, 3.63) is 17.1 Å². The number of aromatic nitrogens is 2. The molecule has 0 amide bonds. The van der Waals surface area contributed by atoms with Gasteiger partial charge in [0.1, 0.15) is 11.6 Å². The maximum absolute atomic E-state index is 5.89. The second-order valence-electron chi connectivity index (χ2n) is 4.35. The Bertz CT molecular complexity index is 363. The van der Waals surface area contributed by atoms with Crippen molar-refractivity contribution in [2.24, 2.45) is 5.92 Å². The Hall–Kier alpha value is -1.16. The maximum atomic E-state index is 5.89. The second-order valence-corrected chi connectivity index (χ2v) is 4.35. The first kappa shape index (κ1) is 10.4. The molecule has 0 radical (unpaired) electrons. The smallest absolute Gasteiger partial charge is 0.132 e. The third-order valence-corrected chi connectivity index (χ3v) is 2.49. The minimum atomic E-state index is 0.558. The molecule has 1 aromatic rings. The number of nitrogen functional groups attached to an aromatic ring is 1. The normalized spacial score (nSPS) is 15.4. The number of nitrogens with two attached hydrogens (primary N) is 1. The molecule has 0 saturated heterocycles. The van der Waals surface area contributed by atoms with E-state index < -0.39 is 0 Å². The van der Waals surface area contributed by atoms with Crippen molar-refractivity contribution >= 4 is 5.82 Å². The molecule has 0 bridgehead atoms. The molecule has 0 aromatic carbocycles. The van der Waals surface area contributed by atoms with E-state index in [1.807, 2.05) is 0 Å². The molecular weight excluding hydrogens is 190 g/mol. The SMILES string of the molecule is CC(C)Cc1nc(N)c2c(n1)CCOC2. The van der Waals surface area contributed by atoms with Crippen molar-refractivity contribution < 1.29 is 4.74 Å². The first-order valence-corrected chi connectivity index (χ1v) is 5.38. The number of hydrogen-bond acceptors (Lipinski definition) is 4. The summed E-state index contributed by atoms with van der Waals surface area (Å²) in [4.78, 5) is 8.86. The summed E-state index contributed by atoms with van der Waals surface area (Å²) in [5, 5.41) is 0. The van der Waals surface area contributed by atoms with Crippen molar-refractivity contribution in [3.63, 3.8) is 0 Å². The summed E-state index contributed by atoms with van der Waals surface area (Å²) < 4.78 is 5.34. The van der Waals surface area contributed by atoms with Crippen molar-refractivity contribution in [1.29, 1.82) is 0 Å². The predicted octanol–water partition coefficient (Wildman–Crippen LogP) is 1.33. The van der Waals surface area contributed by atoms with Gasteiger partial charge in [0.15, 0.2) is 0 Å². The molecule has 2 heterocycles. The Kier molecular flexibility index (Phi) is 2.86. The molecule has 0 spiro atoms. The number of anilines is 1. The Labute approximate surface area is 89.9 Å². The molecule has 0 aliphatic carbocycles. The molecule has 1 aromatic heterocycles. The molecule has 0 fully saturated rings. The summed E-state index contributed by atoms with van der Waals surface area (Å²) >= 11 is 0. The van der Waals surface area contributed by atoms with E-state index in [0.29, 0.717) is 18.3 Å². The van der Waals surface area contributed by atoms with Crippen LogP contribution in [0.25, 0.3) is 0 Å². The average molecular weight is 207 g/mol. The number of ether oxygens (including phenoxy) is 1. The van der Waals surface area contributed by atoms with Crippen LogP contribution in [-0.4, -0.2) is 16.6 Å². The zero-order valence-electron chi connectivity index (χ0n) is 9.29. The quantitative estimate of drug-likeness (QED) is 0.794. The van der Waals surface area contributed by atoms with Crippen LogP contribution in [0.1, 0.15) is 30.9 Å². The molecule has 15 heavy (non-hydrogen) atoms. The van der Waals surface area contributed by atoms with E-state index in [1.165, 1.54) is 0 Å². The Morgan fingerprint density at radius 1 is 1.40 bits per heavy atom. The summed E-state index contributed by atoms with van der Waals surface area (Å²) in [7, 11) is 0. The third-order valence-electron chi connectivity index (χ3n) is 2.49. The standard InChI is InChI=1S/C11H17N3O/c1-7(2)5-10-13-9-3-4-15-6-8(9)11(12)14-10/h7H,3-6H2,1-2H3,(H2,12,13,14). The third kappa shape index (κ3) is 2.26. The van der Waals surface area contributed by atoms with Gasteiger partial charge in [-0.2, -0.15) is 0 Å². The molecule has 4 heteroatoms. The fourth-order valence-corrected chi connectivity index (χ4v) is 1.77. The highest BCUT2D eigenvalue weighted by atomic mass is 16.5. The average Bonchev–Trinajstić information content (AvgIpc) is 2.16. The van der Waals surface area contributed by atoms with Gasteiger partial charge in [0.25, 0.3) is 0 Å². The second kappa shape index (κ2) is 4.14. The number of fused-ring (bicyclic) bond motifs is 1. The van der Waals surface area contributed by atoms with Gasteiger partial charge in [-0.1, -0.05) is 13.8 Å². The van der Waals surface area contributed by atoms with E-state index in [2.05, 4.69) is 23.8 Å². The number of hydrogen-bond donors (Lipinski definition) is 1. The summed E-state index contributed by atoms with van der Waals surface area (Å²) in [6.07, 6.45) is 1.74. The van der Waals surface area contributed by atoms with Crippen molar-refractivity contribution in [1.82, 2.24) is 9.97 Å². The van der Waals surface area contributed by atoms with Crippen LogP contribution in [0.2, 0.25) is 0 Å². The van der Waals surface area contributed by atoms with Crippen LogP contribution in [0.4, 0.5) is 5.82 Å². The zero-order chi connectivity index (χ0) is 10.8. The molecule has 82 valence electrons. The van der Waals surface area contributed by atoms with E-state index in [1.54, 1.807) is 0 Å². The highest BCUT2D eigenvalue weighted by Crippen LogP contribution is 2.20. The van der Waals surface area contributed by atoms with Gasteiger partial charge in [-0.25, -0.2) is 9.97 Å². The van der Waals surface area contributed by atoms with Crippen LogP contribution in [0.3, 0.4) is 0 Å². The molecule has 2 N–H and O–H groups in total. The topological polar surface area (TPSA) is 61.0 Å². The molecular formula is C11H17N3O. The Morgan fingerprint density at radius 2 is 2.20 bits per heavy atom. The fourth-order valence-electron chi connectivity index (χ4n) is 1.77. The van der Waals surface area contributed by atoms with Gasteiger partial charge < -0.3 is 10.5 Å². The monoisotopic (exact) mass is 207 g/mol. The Morgan fingerprint density at radius 3 is 2.93 bits per heavy atom. The highest BCUT2D eigenvalue weighted by molar-refractivity contribution is 5.42. The zero-order valence-corrected chi connectivity index (χ0v) is 9.29. The molecule has 0 atom stereocenters. The lowest BCUT2D eigenvalue weighted by Gasteiger charge is -2.18. The van der Waals surface area contributed by atoms with Crippen molar-refractivity contribution in [3.8, 4) is 0 Å². The van der Waals surface area contributed by atoms with Crippen LogP contribution in [-0.2, 0) is 24.2 Å². The number of nitrogens with zero attached hydrogens (tertiary/aromatic N) is 2. The molecule has 0 saturated carbocycles. The number of rotatable bonds is 2. The van der Waals surface area contributed by atoms with Gasteiger partial charge in [0.2, 0.25) is 0 Å². The molecule has 1 aliphatic heterocycles. The molecule has 4 nitrogen and oxygen atoms in total. The lowest BCUT2D eigenvalue weighted by Crippen LogP contribution is -2.17.